The standard InChI is InChI=1S/C26H23ClN4P2/c27-21-11-10-12-22(19-21)31-29-26(28-30-31)20-32-33(23-13-4-1-5-14-23,24-15-6-2-7-16-24)25-17-8-3-9-18-25/h1-19,32-33H,20H2. The maximum atomic E-state index is 6.14. The van der Waals surface area contributed by atoms with E-state index in [9.17, 15) is 0 Å². The zero-order valence-corrected chi connectivity index (χ0v) is 20.6. The Labute approximate surface area is 200 Å². The molecule has 0 saturated heterocycles. The van der Waals surface area contributed by atoms with E-state index in [1.165, 1.54) is 15.9 Å². The van der Waals surface area contributed by atoms with Crippen molar-refractivity contribution in [1.29, 1.82) is 0 Å². The average Bonchev–Trinajstić information content (AvgIpc) is 3.36. The Morgan fingerprint density at radius 1 is 0.697 bits per heavy atom. The molecule has 33 heavy (non-hydrogen) atoms. The van der Waals surface area contributed by atoms with Gasteiger partial charge in [0.05, 0.1) is 0 Å². The van der Waals surface area contributed by atoms with Crippen LogP contribution in [0.3, 0.4) is 0 Å². The number of rotatable bonds is 7. The van der Waals surface area contributed by atoms with Crippen LogP contribution in [0, 0.1) is 0 Å². The summed E-state index contributed by atoms with van der Waals surface area (Å²) in [4.78, 5) is 1.56. The van der Waals surface area contributed by atoms with Crippen LogP contribution in [0.2, 0.25) is 5.02 Å². The van der Waals surface area contributed by atoms with Crippen molar-refractivity contribution < 1.29 is 0 Å². The van der Waals surface area contributed by atoms with Gasteiger partial charge in [-0.05, 0) is 0 Å². The molecule has 1 unspecified atom stereocenters. The molecule has 0 aliphatic carbocycles. The van der Waals surface area contributed by atoms with Gasteiger partial charge in [0.25, 0.3) is 0 Å². The van der Waals surface area contributed by atoms with E-state index < -0.39 is 6.95 Å². The molecular weight excluding hydrogens is 466 g/mol. The van der Waals surface area contributed by atoms with Crippen molar-refractivity contribution in [2.75, 3.05) is 0 Å². The van der Waals surface area contributed by atoms with Gasteiger partial charge in [0.2, 0.25) is 0 Å². The third-order valence-electron chi connectivity index (χ3n) is 5.63. The third kappa shape index (κ3) is 4.61. The van der Waals surface area contributed by atoms with Crippen LogP contribution in [0.15, 0.2) is 115 Å². The van der Waals surface area contributed by atoms with Crippen molar-refractivity contribution in [1.82, 2.24) is 20.2 Å². The number of benzene rings is 4. The Kier molecular flexibility index (Phi) is 6.60. The van der Waals surface area contributed by atoms with Crippen molar-refractivity contribution in [2.24, 2.45) is 0 Å². The van der Waals surface area contributed by atoms with Crippen LogP contribution in [-0.4, -0.2) is 20.2 Å². The van der Waals surface area contributed by atoms with Crippen molar-refractivity contribution in [3.05, 3.63) is 126 Å². The molecule has 1 atom stereocenters. The quantitative estimate of drug-likeness (QED) is 0.298. The van der Waals surface area contributed by atoms with Gasteiger partial charge in [0.1, 0.15) is 0 Å². The van der Waals surface area contributed by atoms with E-state index in [1.54, 1.807) is 4.80 Å². The van der Waals surface area contributed by atoms with Gasteiger partial charge in [0.15, 0.2) is 0 Å². The van der Waals surface area contributed by atoms with Crippen LogP contribution in [0.25, 0.3) is 5.69 Å². The average molecular weight is 489 g/mol. The molecule has 4 nitrogen and oxygen atoms in total. The van der Waals surface area contributed by atoms with Gasteiger partial charge in [-0.15, -0.1) is 0 Å². The first-order valence-electron chi connectivity index (χ1n) is 10.7. The van der Waals surface area contributed by atoms with E-state index in [2.05, 4.69) is 106 Å². The molecule has 0 amide bonds. The van der Waals surface area contributed by atoms with Crippen LogP contribution in [0.5, 0.6) is 0 Å². The van der Waals surface area contributed by atoms with Crippen LogP contribution >= 0.6 is 26.8 Å². The van der Waals surface area contributed by atoms with Crippen LogP contribution in [0.4, 0.5) is 0 Å². The molecular formula is C26H23ClN4P2. The van der Waals surface area contributed by atoms with Gasteiger partial charge < -0.3 is 0 Å². The molecule has 1 heterocycles. The summed E-state index contributed by atoms with van der Waals surface area (Å²) in [6.45, 7) is -2.30. The molecule has 0 N–H and O–H groups in total. The predicted molar refractivity (Wildman–Crippen MR) is 143 cm³/mol. The van der Waals surface area contributed by atoms with Crippen molar-refractivity contribution in [3.63, 3.8) is 0 Å². The van der Waals surface area contributed by atoms with Gasteiger partial charge in [-0.3, -0.25) is 0 Å². The predicted octanol–water partition coefficient (Wildman–Crippen LogP) is 5.14. The topological polar surface area (TPSA) is 43.6 Å². The van der Waals surface area contributed by atoms with Crippen molar-refractivity contribution >= 4 is 42.7 Å². The number of hydrogen-bond acceptors (Lipinski definition) is 3. The summed E-state index contributed by atoms with van der Waals surface area (Å²) in [5.74, 6) is 0.743. The van der Waals surface area contributed by atoms with E-state index in [1.807, 2.05) is 24.3 Å². The molecule has 0 spiro atoms. The van der Waals surface area contributed by atoms with Gasteiger partial charge in [-0.1, -0.05) is 0 Å². The molecule has 164 valence electrons. The molecule has 1 aromatic heterocycles. The molecule has 0 aliphatic heterocycles. The Morgan fingerprint density at radius 3 is 1.76 bits per heavy atom. The number of nitrogens with zero attached hydrogens (tertiary/aromatic N) is 4. The third-order valence-corrected chi connectivity index (χ3v) is 15.2. The fraction of sp³-hybridized carbons (Fsp3) is 0.0385. The summed E-state index contributed by atoms with van der Waals surface area (Å²) in [5, 5.41) is 18.2. The first kappa shape index (κ1) is 21.9. The Bertz CT molecular complexity index is 1230. The summed E-state index contributed by atoms with van der Waals surface area (Å²) in [6.07, 6.45) is 0.755. The first-order valence-corrected chi connectivity index (χ1v) is 15.3. The second-order valence-electron chi connectivity index (χ2n) is 7.68. The summed E-state index contributed by atoms with van der Waals surface area (Å²) in [6, 6.07) is 40.2. The fourth-order valence-electron chi connectivity index (χ4n) is 4.11. The van der Waals surface area contributed by atoms with Gasteiger partial charge in [0, 0.05) is 0 Å². The molecule has 0 radical (unpaired) electrons. The van der Waals surface area contributed by atoms with Crippen LogP contribution in [0.1, 0.15) is 5.82 Å². The normalized spacial score (nSPS) is 12.3. The van der Waals surface area contributed by atoms with E-state index in [4.69, 9.17) is 11.6 Å². The number of halogens is 1. The monoisotopic (exact) mass is 488 g/mol. The van der Waals surface area contributed by atoms with Gasteiger partial charge in [-0.2, -0.15) is 0 Å². The second-order valence-corrected chi connectivity index (χ2v) is 15.4. The Hall–Kier alpha value is -2.90. The molecule has 0 bridgehead atoms. The van der Waals surface area contributed by atoms with Gasteiger partial charge in [-0.25, -0.2) is 0 Å². The summed E-state index contributed by atoms with van der Waals surface area (Å²) in [5.41, 5.74) is 0.808. The van der Waals surface area contributed by atoms with Crippen LogP contribution < -0.4 is 15.9 Å². The molecule has 0 fully saturated rings. The Morgan fingerprint density at radius 2 is 1.24 bits per heavy atom. The number of hydrogen-bond donors (Lipinski definition) is 0. The van der Waals surface area contributed by atoms with Crippen LogP contribution in [-0.2, 0) is 6.16 Å². The van der Waals surface area contributed by atoms with E-state index in [0.717, 1.165) is 17.7 Å². The zero-order chi connectivity index (χ0) is 22.5. The molecule has 0 aliphatic rings. The number of tetrazole rings is 1. The summed E-state index contributed by atoms with van der Waals surface area (Å²) < 4.78 is 0. The van der Waals surface area contributed by atoms with Crippen molar-refractivity contribution in [2.45, 2.75) is 6.16 Å². The molecule has 4 aromatic carbocycles. The van der Waals surface area contributed by atoms with E-state index in [-0.39, 0.29) is 0 Å². The minimum absolute atomic E-state index is 0.607. The molecule has 5 aromatic rings. The van der Waals surface area contributed by atoms with E-state index >= 15 is 0 Å². The SMILES string of the molecule is Clc1cccc(-n2nnc(CP[PH](c3ccccc3)(c3ccccc3)c3ccccc3)n2)c1. The van der Waals surface area contributed by atoms with Crippen molar-refractivity contribution in [3.8, 4) is 5.69 Å². The van der Waals surface area contributed by atoms with Gasteiger partial charge >= 0.3 is 201 Å². The number of aromatic nitrogens is 4. The fourth-order valence-corrected chi connectivity index (χ4v) is 13.2. The zero-order valence-electron chi connectivity index (χ0n) is 17.8. The molecule has 5 rings (SSSR count). The Balaban J connectivity index is 1.56. The summed E-state index contributed by atoms with van der Waals surface area (Å²) >= 11 is 6.14. The second kappa shape index (κ2) is 9.93. The first-order chi connectivity index (χ1) is 16.3. The summed E-state index contributed by atoms with van der Waals surface area (Å²) in [7, 11) is 0.607. The molecule has 7 heteroatoms. The molecule has 0 saturated carbocycles. The maximum absolute atomic E-state index is 6.14. The minimum atomic E-state index is -2.30. The van der Waals surface area contributed by atoms with E-state index in [0.29, 0.717) is 13.3 Å².